The number of benzene rings is 2. The van der Waals surface area contributed by atoms with Crippen molar-refractivity contribution in [2.45, 2.75) is 49.5 Å². The highest BCUT2D eigenvalue weighted by atomic mass is 35.5. The number of carboxylic acid groups (broad SMARTS) is 1. The average Bonchev–Trinajstić information content (AvgIpc) is 3.47. The van der Waals surface area contributed by atoms with Gasteiger partial charge in [-0.1, -0.05) is 60.1 Å². The summed E-state index contributed by atoms with van der Waals surface area (Å²) in [5.74, 6) is -4.21. The number of amides is 2. The minimum absolute atomic E-state index is 0.115. The zero-order valence-corrected chi connectivity index (χ0v) is 21.9. The summed E-state index contributed by atoms with van der Waals surface area (Å²) in [6, 6.07) is 14.3. The molecular formula is C29H31ClN2O6. The SMILES string of the molecule is C=CCN(C(=O)C1N([C@@H](CO)Cc2ccccc2)C(=O)[C@@H]2[C@@H](C(=O)O)[C@@]3(C)CCC12O3)c1ccccc1Cl. The Balaban J connectivity index is 1.64. The van der Waals surface area contributed by atoms with E-state index in [-0.39, 0.29) is 13.0 Å². The first-order valence-electron chi connectivity index (χ1n) is 12.7. The molecule has 0 saturated carbocycles. The molecule has 2 aromatic rings. The van der Waals surface area contributed by atoms with Crippen molar-refractivity contribution < 1.29 is 29.3 Å². The zero-order chi connectivity index (χ0) is 27.2. The third-order valence-corrected chi connectivity index (χ3v) is 8.67. The molecule has 5 rings (SSSR count). The first-order valence-corrected chi connectivity index (χ1v) is 13.1. The van der Waals surface area contributed by atoms with E-state index in [0.29, 0.717) is 23.6 Å². The monoisotopic (exact) mass is 538 g/mol. The number of anilines is 1. The molecule has 200 valence electrons. The van der Waals surface area contributed by atoms with Gasteiger partial charge in [-0.2, -0.15) is 0 Å². The molecule has 2 N–H and O–H groups in total. The third kappa shape index (κ3) is 3.94. The molecule has 6 atom stereocenters. The van der Waals surface area contributed by atoms with Crippen molar-refractivity contribution in [3.8, 4) is 0 Å². The number of hydrogen-bond donors (Lipinski definition) is 2. The van der Waals surface area contributed by atoms with Gasteiger partial charge in [0.1, 0.15) is 11.6 Å². The number of carboxylic acids is 1. The maximum atomic E-state index is 14.5. The van der Waals surface area contributed by atoms with Crippen LogP contribution >= 0.6 is 11.6 Å². The van der Waals surface area contributed by atoms with Crippen LogP contribution in [0.5, 0.6) is 0 Å². The maximum Gasteiger partial charge on any atom is 0.310 e. The lowest BCUT2D eigenvalue weighted by molar-refractivity contribution is -0.155. The molecule has 38 heavy (non-hydrogen) atoms. The molecule has 3 aliphatic rings. The van der Waals surface area contributed by atoms with Crippen molar-refractivity contribution in [1.29, 1.82) is 0 Å². The van der Waals surface area contributed by atoms with E-state index in [9.17, 15) is 24.6 Å². The summed E-state index contributed by atoms with van der Waals surface area (Å²) in [6.45, 7) is 5.22. The molecule has 2 aromatic carbocycles. The number of para-hydroxylation sites is 1. The fourth-order valence-electron chi connectivity index (χ4n) is 6.80. The Morgan fingerprint density at radius 3 is 2.53 bits per heavy atom. The smallest absolute Gasteiger partial charge is 0.310 e. The standard InChI is InChI=1S/C29H31ClN2O6/c1-3-15-31(21-12-8-7-11-20(21)30)26(35)24-29-14-13-28(2,38-29)23(27(36)37)22(29)25(34)32(24)19(17-33)16-18-9-5-4-6-10-18/h3-12,19,22-24,33H,1,13-17H2,2H3,(H,36,37)/t19-,22+,23+,24?,28-,29?/m1/s1. The van der Waals surface area contributed by atoms with Crippen molar-refractivity contribution in [1.82, 2.24) is 4.90 Å². The fraction of sp³-hybridized carbons (Fsp3) is 0.414. The summed E-state index contributed by atoms with van der Waals surface area (Å²) in [5.41, 5.74) is -1.08. The zero-order valence-electron chi connectivity index (χ0n) is 21.1. The van der Waals surface area contributed by atoms with Gasteiger partial charge in [0.15, 0.2) is 0 Å². The Bertz CT molecular complexity index is 1270. The van der Waals surface area contributed by atoms with Gasteiger partial charge < -0.3 is 24.7 Å². The molecule has 9 heteroatoms. The van der Waals surface area contributed by atoms with Gasteiger partial charge >= 0.3 is 5.97 Å². The van der Waals surface area contributed by atoms with Gasteiger partial charge in [-0.3, -0.25) is 14.4 Å². The number of ether oxygens (including phenoxy) is 1. The number of aliphatic hydroxyl groups is 1. The first kappa shape index (κ1) is 26.4. The Hall–Kier alpha value is -3.20. The molecule has 1 spiro atoms. The largest absolute Gasteiger partial charge is 0.481 e. The number of rotatable bonds is 9. The normalized spacial score (nSPS) is 30.2. The van der Waals surface area contributed by atoms with Crippen LogP contribution in [0.2, 0.25) is 5.02 Å². The number of nitrogens with zero attached hydrogens (tertiary/aromatic N) is 2. The molecular weight excluding hydrogens is 508 g/mol. The summed E-state index contributed by atoms with van der Waals surface area (Å²) < 4.78 is 6.49. The van der Waals surface area contributed by atoms with Crippen LogP contribution in [0.15, 0.2) is 67.3 Å². The first-order chi connectivity index (χ1) is 18.2. The number of likely N-dealkylation sites (tertiary alicyclic amines) is 1. The molecule has 2 bridgehead atoms. The molecule has 3 fully saturated rings. The van der Waals surface area contributed by atoms with E-state index < -0.39 is 59.5 Å². The van der Waals surface area contributed by atoms with Crippen molar-refractivity contribution >= 4 is 35.1 Å². The number of hydrogen-bond acceptors (Lipinski definition) is 5. The van der Waals surface area contributed by atoms with Gasteiger partial charge in [0.25, 0.3) is 5.91 Å². The van der Waals surface area contributed by atoms with Crippen molar-refractivity contribution in [3.63, 3.8) is 0 Å². The highest BCUT2D eigenvalue weighted by Crippen LogP contribution is 2.63. The van der Waals surface area contributed by atoms with Crippen LogP contribution in [0, 0.1) is 11.8 Å². The number of aliphatic carboxylic acids is 1. The van der Waals surface area contributed by atoms with Crippen molar-refractivity contribution in [2.24, 2.45) is 11.8 Å². The van der Waals surface area contributed by atoms with Gasteiger partial charge in [0.2, 0.25) is 5.91 Å². The topological polar surface area (TPSA) is 107 Å². The molecule has 0 radical (unpaired) electrons. The van der Waals surface area contributed by atoms with E-state index in [4.69, 9.17) is 16.3 Å². The minimum atomic E-state index is -1.34. The summed E-state index contributed by atoms with van der Waals surface area (Å²) in [7, 11) is 0. The number of fused-ring (bicyclic) bond motifs is 1. The van der Waals surface area contributed by atoms with Crippen LogP contribution < -0.4 is 4.90 Å². The average molecular weight is 539 g/mol. The minimum Gasteiger partial charge on any atom is -0.481 e. The Morgan fingerprint density at radius 2 is 1.89 bits per heavy atom. The van der Waals surface area contributed by atoms with E-state index in [2.05, 4.69) is 6.58 Å². The molecule has 3 aliphatic heterocycles. The molecule has 3 saturated heterocycles. The Labute approximate surface area is 226 Å². The van der Waals surface area contributed by atoms with E-state index in [1.807, 2.05) is 30.3 Å². The second-order valence-corrected chi connectivity index (χ2v) is 10.9. The highest BCUT2D eigenvalue weighted by Gasteiger charge is 2.78. The molecule has 8 nitrogen and oxygen atoms in total. The number of carbonyl (C=O) groups excluding carboxylic acids is 2. The van der Waals surface area contributed by atoms with Gasteiger partial charge in [0.05, 0.1) is 40.8 Å². The van der Waals surface area contributed by atoms with Crippen LogP contribution in [0.4, 0.5) is 5.69 Å². The lowest BCUT2D eigenvalue weighted by Gasteiger charge is -2.39. The second kappa shape index (κ2) is 9.84. The molecule has 0 aliphatic carbocycles. The third-order valence-electron chi connectivity index (χ3n) is 8.35. The lowest BCUT2D eigenvalue weighted by Crippen LogP contribution is -2.59. The van der Waals surface area contributed by atoms with Gasteiger partial charge in [0, 0.05) is 6.54 Å². The predicted octanol–water partition coefficient (Wildman–Crippen LogP) is 3.31. The van der Waals surface area contributed by atoms with E-state index in [0.717, 1.165) is 5.56 Å². The van der Waals surface area contributed by atoms with Crippen LogP contribution in [-0.2, 0) is 25.5 Å². The molecule has 2 unspecified atom stereocenters. The maximum absolute atomic E-state index is 14.5. The number of aliphatic hydroxyl groups excluding tert-OH is 1. The summed E-state index contributed by atoms with van der Waals surface area (Å²) >= 11 is 6.48. The lowest BCUT2D eigenvalue weighted by atomic mass is 9.66. The van der Waals surface area contributed by atoms with E-state index in [1.165, 1.54) is 9.80 Å². The van der Waals surface area contributed by atoms with Crippen molar-refractivity contribution in [2.75, 3.05) is 18.1 Å². The summed E-state index contributed by atoms with van der Waals surface area (Å²) in [5, 5.41) is 21.0. The van der Waals surface area contributed by atoms with Crippen LogP contribution in [0.1, 0.15) is 25.3 Å². The summed E-state index contributed by atoms with van der Waals surface area (Å²) in [4.78, 5) is 44.0. The van der Waals surface area contributed by atoms with E-state index in [1.54, 1.807) is 37.3 Å². The Morgan fingerprint density at radius 1 is 1.21 bits per heavy atom. The predicted molar refractivity (Wildman–Crippen MR) is 142 cm³/mol. The van der Waals surface area contributed by atoms with Crippen molar-refractivity contribution in [3.05, 3.63) is 77.8 Å². The Kier molecular flexibility index (Phi) is 6.84. The molecule has 0 aromatic heterocycles. The summed E-state index contributed by atoms with van der Waals surface area (Å²) in [6.07, 6.45) is 2.61. The van der Waals surface area contributed by atoms with Crippen LogP contribution in [0.3, 0.4) is 0 Å². The van der Waals surface area contributed by atoms with E-state index >= 15 is 0 Å². The van der Waals surface area contributed by atoms with Crippen LogP contribution in [0.25, 0.3) is 0 Å². The van der Waals surface area contributed by atoms with Gasteiger partial charge in [-0.05, 0) is 43.9 Å². The van der Waals surface area contributed by atoms with Gasteiger partial charge in [-0.25, -0.2) is 0 Å². The number of halogens is 1. The fourth-order valence-corrected chi connectivity index (χ4v) is 7.04. The number of carbonyl (C=O) groups is 3. The van der Waals surface area contributed by atoms with Gasteiger partial charge in [-0.15, -0.1) is 6.58 Å². The molecule has 2 amide bonds. The highest BCUT2D eigenvalue weighted by molar-refractivity contribution is 6.34. The van der Waals surface area contributed by atoms with Crippen LogP contribution in [-0.4, -0.2) is 69.3 Å². The quantitative estimate of drug-likeness (QED) is 0.474. The molecule has 3 heterocycles. The second-order valence-electron chi connectivity index (χ2n) is 10.5.